The molecule has 3 N–H and O–H groups in total. The maximum absolute atomic E-state index is 11.8. The summed E-state index contributed by atoms with van der Waals surface area (Å²) in [5.74, 6) is 0.114. The third kappa shape index (κ3) is 2.64. The number of anilines is 1. The number of amides is 1. The Balaban J connectivity index is 2.14. The number of aromatic nitrogens is 3. The maximum Gasteiger partial charge on any atom is 0.328 e. The second kappa shape index (κ2) is 4.71. The van der Waals surface area contributed by atoms with Crippen LogP contribution in [0.25, 0.3) is 0 Å². The van der Waals surface area contributed by atoms with Gasteiger partial charge in [0.2, 0.25) is 0 Å². The van der Waals surface area contributed by atoms with Gasteiger partial charge in [-0.15, -0.1) is 0 Å². The summed E-state index contributed by atoms with van der Waals surface area (Å²) in [6.45, 7) is 1.94. The third-order valence-corrected chi connectivity index (χ3v) is 2.04. The number of pyridine rings is 1. The van der Waals surface area contributed by atoms with Gasteiger partial charge >= 0.3 is 6.01 Å². The average molecular weight is 233 g/mol. The second-order valence-corrected chi connectivity index (χ2v) is 3.34. The Morgan fingerprint density at radius 3 is 3.06 bits per heavy atom. The minimum absolute atomic E-state index is 0.0682. The zero-order chi connectivity index (χ0) is 12.3. The van der Waals surface area contributed by atoms with E-state index in [2.05, 4.69) is 20.4 Å². The molecule has 0 saturated carbocycles. The van der Waals surface area contributed by atoms with Crippen molar-refractivity contribution in [2.45, 2.75) is 13.5 Å². The van der Waals surface area contributed by atoms with Crippen LogP contribution in [0.3, 0.4) is 0 Å². The van der Waals surface area contributed by atoms with E-state index in [1.165, 1.54) is 6.20 Å². The molecule has 2 rings (SSSR count). The van der Waals surface area contributed by atoms with Gasteiger partial charge in [-0.25, -0.2) is 0 Å². The summed E-state index contributed by atoms with van der Waals surface area (Å²) in [5, 5.41) is 6.05. The highest BCUT2D eigenvalue weighted by Crippen LogP contribution is 2.07. The number of nitrogens with zero attached hydrogens (tertiary/aromatic N) is 3. The largest absolute Gasteiger partial charge is 0.328 e. The third-order valence-electron chi connectivity index (χ3n) is 2.04. The average Bonchev–Trinajstić information content (AvgIpc) is 2.75. The van der Waals surface area contributed by atoms with Crippen LogP contribution in [-0.4, -0.2) is 21.0 Å². The molecule has 0 bridgehead atoms. The highest BCUT2D eigenvalue weighted by molar-refractivity contribution is 6.03. The molecule has 2 aromatic heterocycles. The van der Waals surface area contributed by atoms with Crippen molar-refractivity contribution >= 4 is 11.9 Å². The first kappa shape index (κ1) is 11.2. The summed E-state index contributed by atoms with van der Waals surface area (Å²) in [6, 6.07) is 3.26. The van der Waals surface area contributed by atoms with Gasteiger partial charge < -0.3 is 10.3 Å². The lowest BCUT2D eigenvalue weighted by atomic mass is 10.2. The number of carbonyl (C=O) groups excluding carboxylic acids is 1. The van der Waals surface area contributed by atoms with Crippen molar-refractivity contribution in [2.24, 2.45) is 5.73 Å². The Labute approximate surface area is 97.0 Å². The van der Waals surface area contributed by atoms with Gasteiger partial charge in [-0.05, 0) is 19.1 Å². The van der Waals surface area contributed by atoms with Crippen molar-refractivity contribution in [3.63, 3.8) is 0 Å². The van der Waals surface area contributed by atoms with E-state index in [1.54, 1.807) is 19.1 Å². The minimum Gasteiger partial charge on any atom is -0.325 e. The molecule has 0 aliphatic heterocycles. The van der Waals surface area contributed by atoms with Gasteiger partial charge in [0.25, 0.3) is 5.91 Å². The molecule has 0 saturated heterocycles. The van der Waals surface area contributed by atoms with E-state index in [0.717, 1.165) is 0 Å². The molecule has 0 aromatic carbocycles. The fourth-order valence-electron chi connectivity index (χ4n) is 1.25. The van der Waals surface area contributed by atoms with Crippen molar-refractivity contribution in [3.05, 3.63) is 35.4 Å². The van der Waals surface area contributed by atoms with Gasteiger partial charge in [-0.3, -0.25) is 15.1 Å². The number of hydrogen-bond acceptors (Lipinski definition) is 6. The Bertz CT molecular complexity index is 537. The smallest absolute Gasteiger partial charge is 0.325 e. The van der Waals surface area contributed by atoms with Crippen LogP contribution in [0.15, 0.2) is 22.9 Å². The van der Waals surface area contributed by atoms with Crippen LogP contribution < -0.4 is 11.1 Å². The van der Waals surface area contributed by atoms with Crippen molar-refractivity contribution in [2.75, 3.05) is 5.32 Å². The van der Waals surface area contributed by atoms with Crippen LogP contribution >= 0.6 is 0 Å². The van der Waals surface area contributed by atoms with E-state index >= 15 is 0 Å². The second-order valence-electron chi connectivity index (χ2n) is 3.34. The molecule has 0 aliphatic rings. The molecular weight excluding hydrogens is 222 g/mol. The Kier molecular flexibility index (Phi) is 3.10. The van der Waals surface area contributed by atoms with Crippen molar-refractivity contribution < 1.29 is 9.32 Å². The summed E-state index contributed by atoms with van der Waals surface area (Å²) < 4.78 is 4.78. The molecule has 0 fully saturated rings. The lowest BCUT2D eigenvalue weighted by molar-refractivity contribution is 0.102. The highest BCUT2D eigenvalue weighted by Gasteiger charge is 2.10. The normalized spacial score (nSPS) is 10.2. The van der Waals surface area contributed by atoms with Crippen LogP contribution in [-0.2, 0) is 6.54 Å². The van der Waals surface area contributed by atoms with E-state index < -0.39 is 0 Å². The molecule has 7 nitrogen and oxygen atoms in total. The monoisotopic (exact) mass is 233 g/mol. The van der Waals surface area contributed by atoms with Gasteiger partial charge in [0.15, 0.2) is 5.82 Å². The molecule has 1 amide bonds. The zero-order valence-electron chi connectivity index (χ0n) is 9.17. The van der Waals surface area contributed by atoms with Gasteiger partial charge in [0, 0.05) is 18.3 Å². The number of nitrogens with one attached hydrogen (secondary N) is 1. The molecular formula is C10H11N5O2. The summed E-state index contributed by atoms with van der Waals surface area (Å²) in [4.78, 5) is 19.6. The number of nitrogens with two attached hydrogens (primary N) is 1. The van der Waals surface area contributed by atoms with Crippen LogP contribution in [0.5, 0.6) is 0 Å². The molecule has 0 spiro atoms. The predicted octanol–water partition coefficient (Wildman–Crippen LogP) is 0.484. The van der Waals surface area contributed by atoms with Gasteiger partial charge in [-0.2, -0.15) is 4.98 Å². The summed E-state index contributed by atoms with van der Waals surface area (Å²) in [5.41, 5.74) is 6.52. The maximum atomic E-state index is 11.8. The van der Waals surface area contributed by atoms with Crippen LogP contribution in [0.4, 0.5) is 6.01 Å². The number of carbonyl (C=O) groups is 1. The van der Waals surface area contributed by atoms with Gasteiger partial charge in [0.05, 0.1) is 5.69 Å². The van der Waals surface area contributed by atoms with Gasteiger partial charge in [0.1, 0.15) is 0 Å². The summed E-state index contributed by atoms with van der Waals surface area (Å²) in [7, 11) is 0. The van der Waals surface area contributed by atoms with Crippen LogP contribution in [0.1, 0.15) is 21.9 Å². The Morgan fingerprint density at radius 2 is 2.41 bits per heavy atom. The van der Waals surface area contributed by atoms with Crippen molar-refractivity contribution in [1.29, 1.82) is 0 Å². The minimum atomic E-state index is -0.342. The van der Waals surface area contributed by atoms with E-state index in [-0.39, 0.29) is 18.5 Å². The number of hydrogen-bond donors (Lipinski definition) is 2. The Morgan fingerprint density at radius 1 is 1.59 bits per heavy atom. The fraction of sp³-hybridized carbons (Fsp3) is 0.200. The van der Waals surface area contributed by atoms with Crippen molar-refractivity contribution in [1.82, 2.24) is 15.1 Å². The lowest BCUT2D eigenvalue weighted by Crippen LogP contribution is -2.13. The molecule has 0 atom stereocenters. The molecule has 2 aromatic rings. The molecule has 0 aliphatic carbocycles. The van der Waals surface area contributed by atoms with E-state index in [9.17, 15) is 4.79 Å². The highest BCUT2D eigenvalue weighted by atomic mass is 16.5. The molecule has 0 unspecified atom stereocenters. The van der Waals surface area contributed by atoms with Crippen LogP contribution in [0, 0.1) is 6.92 Å². The summed E-state index contributed by atoms with van der Waals surface area (Å²) in [6.07, 6.45) is 1.52. The quantitative estimate of drug-likeness (QED) is 0.798. The first-order valence-electron chi connectivity index (χ1n) is 4.95. The fourth-order valence-corrected chi connectivity index (χ4v) is 1.25. The Hall–Kier alpha value is -2.28. The van der Waals surface area contributed by atoms with E-state index in [1.807, 2.05) is 0 Å². The van der Waals surface area contributed by atoms with E-state index in [0.29, 0.717) is 17.1 Å². The molecule has 17 heavy (non-hydrogen) atoms. The predicted molar refractivity (Wildman–Crippen MR) is 59.1 cm³/mol. The number of aryl methyl sites for hydroxylation is 1. The van der Waals surface area contributed by atoms with Crippen LogP contribution in [0.2, 0.25) is 0 Å². The van der Waals surface area contributed by atoms with Crippen molar-refractivity contribution in [3.8, 4) is 0 Å². The molecule has 88 valence electrons. The molecule has 2 heterocycles. The van der Waals surface area contributed by atoms with Gasteiger partial charge in [-0.1, -0.05) is 5.16 Å². The molecule has 7 heteroatoms. The SMILES string of the molecule is Cc1noc(NC(=O)c2ccnc(CN)c2)n1. The lowest BCUT2D eigenvalue weighted by Gasteiger charge is -2.01. The van der Waals surface area contributed by atoms with E-state index in [4.69, 9.17) is 10.3 Å². The zero-order valence-corrected chi connectivity index (χ0v) is 9.17. The summed E-state index contributed by atoms with van der Waals surface area (Å²) >= 11 is 0. The molecule has 0 radical (unpaired) electrons. The first-order valence-corrected chi connectivity index (χ1v) is 4.95. The number of rotatable bonds is 3. The standard InChI is InChI=1S/C10H11N5O2/c1-6-13-10(17-15-6)14-9(16)7-2-3-12-8(4-7)5-11/h2-4H,5,11H2,1H3,(H,13,14,15,16). The first-order chi connectivity index (χ1) is 8.19. The topological polar surface area (TPSA) is 107 Å².